The molecule has 0 aliphatic heterocycles. The van der Waals surface area contributed by atoms with Crippen LogP contribution in [0.25, 0.3) is 0 Å². The molecule has 0 fully saturated rings. The predicted octanol–water partition coefficient (Wildman–Crippen LogP) is 5.13. The number of aromatic nitrogens is 3. The zero-order valence-corrected chi connectivity index (χ0v) is 18.3. The third-order valence-electron chi connectivity index (χ3n) is 5.26. The Morgan fingerprint density at radius 2 is 1.87 bits per heavy atom. The number of fused-ring (bicyclic) bond motifs is 1. The molecule has 1 unspecified atom stereocenters. The van der Waals surface area contributed by atoms with Crippen LogP contribution in [0.2, 0.25) is 0 Å². The molecule has 1 aliphatic carbocycles. The summed E-state index contributed by atoms with van der Waals surface area (Å²) in [5, 5.41) is 3.75. The van der Waals surface area contributed by atoms with Crippen molar-refractivity contribution in [1.29, 1.82) is 0 Å². The summed E-state index contributed by atoms with van der Waals surface area (Å²) in [5.41, 5.74) is -0.189. The van der Waals surface area contributed by atoms with Gasteiger partial charge in [-0.2, -0.15) is 18.3 Å². The number of ketones is 1. The van der Waals surface area contributed by atoms with Crippen LogP contribution < -0.4 is 0 Å². The number of hydrogen-bond donors (Lipinski definition) is 0. The maximum Gasteiger partial charge on any atom is 0.435 e. The van der Waals surface area contributed by atoms with E-state index in [1.54, 1.807) is 46.0 Å². The van der Waals surface area contributed by atoms with Crippen LogP contribution in [0.4, 0.5) is 18.0 Å². The second-order valence-corrected chi connectivity index (χ2v) is 9.06. The highest BCUT2D eigenvalue weighted by molar-refractivity contribution is 5.79. The van der Waals surface area contributed by atoms with Gasteiger partial charge in [0.1, 0.15) is 5.60 Å². The van der Waals surface area contributed by atoms with Crippen molar-refractivity contribution in [2.45, 2.75) is 84.0 Å². The van der Waals surface area contributed by atoms with Gasteiger partial charge in [-0.3, -0.25) is 14.0 Å². The van der Waals surface area contributed by atoms with E-state index in [1.165, 1.54) is 9.25 Å². The first-order valence-corrected chi connectivity index (χ1v) is 10.4. The first-order chi connectivity index (χ1) is 14.4. The molecule has 170 valence electrons. The van der Waals surface area contributed by atoms with Crippen molar-refractivity contribution in [1.82, 2.24) is 14.3 Å². The minimum atomic E-state index is -4.53. The highest BCUT2D eigenvalue weighted by Gasteiger charge is 2.39. The summed E-state index contributed by atoms with van der Waals surface area (Å²) in [5.74, 6) is -0.558. The molecule has 1 aliphatic rings. The fourth-order valence-corrected chi connectivity index (χ4v) is 3.98. The van der Waals surface area contributed by atoms with Gasteiger partial charge in [-0.05, 0) is 58.6 Å². The summed E-state index contributed by atoms with van der Waals surface area (Å²) in [7, 11) is 0. The van der Waals surface area contributed by atoms with E-state index in [2.05, 4.69) is 5.10 Å². The van der Waals surface area contributed by atoms with E-state index >= 15 is 0 Å². The SMILES string of the molecule is CC(CC(=O)Cn1nc(C(F)(F)F)c2c1CCCC2)c1cccn1C(=O)OC(C)(C)C. The molecule has 31 heavy (non-hydrogen) atoms. The van der Waals surface area contributed by atoms with Crippen molar-refractivity contribution in [2.75, 3.05) is 0 Å². The zero-order valence-electron chi connectivity index (χ0n) is 18.3. The van der Waals surface area contributed by atoms with E-state index in [0.29, 0.717) is 30.7 Å². The number of ether oxygens (including phenoxy) is 1. The molecule has 2 heterocycles. The number of Topliss-reactive ketones (excluding diaryl/α,β-unsaturated/α-hetero) is 1. The number of rotatable bonds is 5. The van der Waals surface area contributed by atoms with Crippen LogP contribution in [0.1, 0.15) is 75.5 Å². The molecular weight excluding hydrogens is 411 g/mol. The van der Waals surface area contributed by atoms with Gasteiger partial charge in [0.15, 0.2) is 11.5 Å². The van der Waals surface area contributed by atoms with Crippen molar-refractivity contribution in [3.8, 4) is 0 Å². The monoisotopic (exact) mass is 439 g/mol. The first-order valence-electron chi connectivity index (χ1n) is 10.4. The molecule has 0 saturated carbocycles. The molecule has 0 saturated heterocycles. The molecule has 2 aromatic heterocycles. The van der Waals surface area contributed by atoms with Crippen LogP contribution in [-0.2, 0) is 35.1 Å². The molecule has 0 N–H and O–H groups in total. The normalized spacial score (nSPS) is 15.5. The van der Waals surface area contributed by atoms with E-state index < -0.39 is 23.6 Å². The van der Waals surface area contributed by atoms with Crippen LogP contribution in [0, 0.1) is 0 Å². The predicted molar refractivity (Wildman–Crippen MR) is 108 cm³/mol. The van der Waals surface area contributed by atoms with Crippen molar-refractivity contribution in [2.24, 2.45) is 0 Å². The van der Waals surface area contributed by atoms with E-state index in [-0.39, 0.29) is 30.2 Å². The topological polar surface area (TPSA) is 66.1 Å². The summed E-state index contributed by atoms with van der Waals surface area (Å²) < 4.78 is 48.0. The minimum absolute atomic E-state index is 0.0722. The summed E-state index contributed by atoms with van der Waals surface area (Å²) in [6, 6.07) is 3.43. The largest absolute Gasteiger partial charge is 0.443 e. The molecule has 3 rings (SSSR count). The third kappa shape index (κ3) is 5.37. The summed E-state index contributed by atoms with van der Waals surface area (Å²) >= 11 is 0. The molecule has 9 heteroatoms. The number of alkyl halides is 3. The first kappa shape index (κ1) is 23.1. The molecule has 0 aromatic carbocycles. The average molecular weight is 439 g/mol. The highest BCUT2D eigenvalue weighted by Crippen LogP contribution is 2.36. The Balaban J connectivity index is 1.74. The second kappa shape index (κ2) is 8.51. The van der Waals surface area contributed by atoms with Crippen LogP contribution in [0.3, 0.4) is 0 Å². The van der Waals surface area contributed by atoms with Crippen LogP contribution >= 0.6 is 0 Å². The number of halogens is 3. The Bertz CT molecular complexity index is 967. The molecule has 2 aromatic rings. The Morgan fingerprint density at radius 3 is 2.52 bits per heavy atom. The molecule has 0 spiro atoms. The molecule has 0 amide bonds. The Kier molecular flexibility index (Phi) is 6.34. The van der Waals surface area contributed by atoms with Crippen molar-refractivity contribution in [3.05, 3.63) is 41.0 Å². The van der Waals surface area contributed by atoms with Gasteiger partial charge >= 0.3 is 12.3 Å². The van der Waals surface area contributed by atoms with Crippen LogP contribution in [0.5, 0.6) is 0 Å². The van der Waals surface area contributed by atoms with E-state index in [9.17, 15) is 22.8 Å². The lowest BCUT2D eigenvalue weighted by atomic mass is 9.95. The number of carbonyl (C=O) groups excluding carboxylic acids is 2. The minimum Gasteiger partial charge on any atom is -0.443 e. The number of nitrogens with zero attached hydrogens (tertiary/aromatic N) is 3. The third-order valence-corrected chi connectivity index (χ3v) is 5.26. The van der Waals surface area contributed by atoms with Crippen LogP contribution in [0.15, 0.2) is 18.3 Å². The lowest BCUT2D eigenvalue weighted by Crippen LogP contribution is -2.28. The standard InChI is InChI=1S/C22H28F3N3O3/c1-14(17-10-7-11-27(17)20(30)31-21(2,3)4)12-15(29)13-28-18-9-6-5-8-16(18)19(26-28)22(23,24)25/h7,10-11,14H,5-6,8-9,12-13H2,1-4H3. The second-order valence-electron chi connectivity index (χ2n) is 9.06. The number of hydrogen-bond acceptors (Lipinski definition) is 4. The fourth-order valence-electron chi connectivity index (χ4n) is 3.98. The highest BCUT2D eigenvalue weighted by atomic mass is 19.4. The van der Waals surface area contributed by atoms with Gasteiger partial charge in [0.2, 0.25) is 0 Å². The lowest BCUT2D eigenvalue weighted by molar-refractivity contribution is -0.142. The van der Waals surface area contributed by atoms with E-state index in [1.807, 2.05) is 0 Å². The summed E-state index contributed by atoms with van der Waals surface area (Å²) in [4.78, 5) is 25.1. The smallest absolute Gasteiger partial charge is 0.435 e. The van der Waals surface area contributed by atoms with Gasteiger partial charge in [0.25, 0.3) is 0 Å². The van der Waals surface area contributed by atoms with E-state index in [0.717, 1.165) is 6.42 Å². The lowest BCUT2D eigenvalue weighted by Gasteiger charge is -2.21. The van der Waals surface area contributed by atoms with Crippen molar-refractivity contribution >= 4 is 11.9 Å². The van der Waals surface area contributed by atoms with Gasteiger partial charge < -0.3 is 4.74 Å². The van der Waals surface area contributed by atoms with Crippen molar-refractivity contribution < 1.29 is 27.5 Å². The Morgan fingerprint density at radius 1 is 1.19 bits per heavy atom. The molecule has 1 atom stereocenters. The van der Waals surface area contributed by atoms with Gasteiger partial charge in [0, 0.05) is 35.5 Å². The van der Waals surface area contributed by atoms with Gasteiger partial charge in [-0.15, -0.1) is 0 Å². The zero-order chi connectivity index (χ0) is 23.0. The summed E-state index contributed by atoms with van der Waals surface area (Å²) in [6.45, 7) is 6.88. The Labute approximate surface area is 179 Å². The van der Waals surface area contributed by atoms with Crippen molar-refractivity contribution in [3.63, 3.8) is 0 Å². The van der Waals surface area contributed by atoms with E-state index in [4.69, 9.17) is 4.74 Å². The molecular formula is C22H28F3N3O3. The average Bonchev–Trinajstić information content (AvgIpc) is 3.25. The quantitative estimate of drug-likeness (QED) is 0.648. The van der Waals surface area contributed by atoms with Gasteiger partial charge in [-0.1, -0.05) is 6.92 Å². The summed E-state index contributed by atoms with van der Waals surface area (Å²) in [6.07, 6.45) is -1.13. The maximum absolute atomic E-state index is 13.4. The van der Waals surface area contributed by atoms with Crippen LogP contribution in [-0.4, -0.2) is 31.8 Å². The van der Waals surface area contributed by atoms with Gasteiger partial charge in [-0.25, -0.2) is 4.79 Å². The van der Waals surface area contributed by atoms with Gasteiger partial charge in [0.05, 0.1) is 6.54 Å². The maximum atomic E-state index is 13.4. The fraction of sp³-hybridized carbons (Fsp3) is 0.591. The molecule has 0 radical (unpaired) electrons. The Hall–Kier alpha value is -2.58. The molecule has 6 nitrogen and oxygen atoms in total. The molecule has 0 bridgehead atoms. The number of carbonyl (C=O) groups is 2.